The lowest BCUT2D eigenvalue weighted by Crippen LogP contribution is -2.34. The van der Waals surface area contributed by atoms with Crippen LogP contribution >= 0.6 is 0 Å². The van der Waals surface area contributed by atoms with Crippen LogP contribution in [0, 0.1) is 15.9 Å². The maximum Gasteiger partial charge on any atom is 0.295 e. The highest BCUT2D eigenvalue weighted by atomic mass is 19.1. The standard InChI is InChI=1S/C15H14FN3O2/c1-10-13-3-2-12(16)8-11(13)5-7-18(10)15-9-17-6-4-14(15)19(20)21/h2-4,6,8-10H,5,7H2,1H3. The Balaban J connectivity index is 2.03. The normalized spacial score (nSPS) is 17.4. The van der Waals surface area contributed by atoms with Gasteiger partial charge in [-0.1, -0.05) is 6.07 Å². The van der Waals surface area contributed by atoms with E-state index in [1.807, 2.05) is 11.8 Å². The topological polar surface area (TPSA) is 59.3 Å². The molecule has 0 fully saturated rings. The molecule has 0 N–H and O–H groups in total. The van der Waals surface area contributed by atoms with Gasteiger partial charge in [0.05, 0.1) is 17.2 Å². The zero-order valence-corrected chi connectivity index (χ0v) is 11.5. The average molecular weight is 287 g/mol. The highest BCUT2D eigenvalue weighted by Gasteiger charge is 2.28. The van der Waals surface area contributed by atoms with Gasteiger partial charge < -0.3 is 4.90 Å². The Labute approximate surface area is 121 Å². The number of benzene rings is 1. The van der Waals surface area contributed by atoms with Gasteiger partial charge in [-0.25, -0.2) is 4.39 Å². The van der Waals surface area contributed by atoms with E-state index in [9.17, 15) is 14.5 Å². The zero-order chi connectivity index (χ0) is 15.0. The third-order valence-electron chi connectivity index (χ3n) is 3.93. The van der Waals surface area contributed by atoms with E-state index >= 15 is 0 Å². The lowest BCUT2D eigenvalue weighted by Gasteiger charge is -2.36. The SMILES string of the molecule is CC1c2ccc(F)cc2CCN1c1cnccc1[N+](=O)[O-]. The summed E-state index contributed by atoms with van der Waals surface area (Å²) in [6.45, 7) is 2.57. The van der Waals surface area contributed by atoms with Crippen LogP contribution in [0.25, 0.3) is 0 Å². The smallest absolute Gasteiger partial charge is 0.295 e. The van der Waals surface area contributed by atoms with Gasteiger partial charge in [0, 0.05) is 18.8 Å². The molecule has 1 aromatic carbocycles. The quantitative estimate of drug-likeness (QED) is 0.628. The van der Waals surface area contributed by atoms with Crippen LogP contribution in [-0.4, -0.2) is 16.5 Å². The number of halogens is 1. The summed E-state index contributed by atoms with van der Waals surface area (Å²) in [7, 11) is 0. The van der Waals surface area contributed by atoms with Gasteiger partial charge in [-0.2, -0.15) is 0 Å². The molecule has 1 atom stereocenters. The van der Waals surface area contributed by atoms with E-state index < -0.39 is 4.92 Å². The number of nitro groups is 1. The van der Waals surface area contributed by atoms with Crippen molar-refractivity contribution in [1.29, 1.82) is 0 Å². The zero-order valence-electron chi connectivity index (χ0n) is 11.5. The summed E-state index contributed by atoms with van der Waals surface area (Å²) in [5.74, 6) is -0.248. The summed E-state index contributed by atoms with van der Waals surface area (Å²) >= 11 is 0. The van der Waals surface area contributed by atoms with Crippen LogP contribution in [0.3, 0.4) is 0 Å². The van der Waals surface area contributed by atoms with Crippen molar-refractivity contribution in [1.82, 2.24) is 4.98 Å². The predicted molar refractivity (Wildman–Crippen MR) is 76.8 cm³/mol. The second kappa shape index (κ2) is 5.12. The molecular formula is C15H14FN3O2. The maximum atomic E-state index is 13.3. The molecule has 2 aromatic rings. The Morgan fingerprint density at radius 1 is 1.43 bits per heavy atom. The van der Waals surface area contributed by atoms with Crippen LogP contribution in [0.1, 0.15) is 24.1 Å². The first-order chi connectivity index (χ1) is 10.1. The fourth-order valence-corrected chi connectivity index (χ4v) is 2.88. The van der Waals surface area contributed by atoms with Crippen molar-refractivity contribution in [2.75, 3.05) is 11.4 Å². The third-order valence-corrected chi connectivity index (χ3v) is 3.93. The first-order valence-electron chi connectivity index (χ1n) is 6.71. The van der Waals surface area contributed by atoms with Gasteiger partial charge in [0.2, 0.25) is 0 Å². The van der Waals surface area contributed by atoms with Crippen molar-refractivity contribution in [2.45, 2.75) is 19.4 Å². The van der Waals surface area contributed by atoms with Crippen LogP contribution < -0.4 is 4.90 Å². The number of nitrogens with zero attached hydrogens (tertiary/aromatic N) is 3. The number of anilines is 1. The molecule has 1 aliphatic rings. The summed E-state index contributed by atoms with van der Waals surface area (Å²) < 4.78 is 13.3. The lowest BCUT2D eigenvalue weighted by molar-refractivity contribution is -0.384. The van der Waals surface area contributed by atoms with Crippen molar-refractivity contribution in [3.05, 3.63) is 63.7 Å². The highest BCUT2D eigenvalue weighted by Crippen LogP contribution is 2.37. The molecule has 2 heterocycles. The summed E-state index contributed by atoms with van der Waals surface area (Å²) in [4.78, 5) is 16.7. The van der Waals surface area contributed by atoms with Crippen LogP contribution in [0.5, 0.6) is 0 Å². The minimum Gasteiger partial charge on any atom is -0.358 e. The van der Waals surface area contributed by atoms with Crippen LogP contribution in [0.4, 0.5) is 15.8 Å². The summed E-state index contributed by atoms with van der Waals surface area (Å²) in [5, 5.41) is 11.2. The molecule has 1 aromatic heterocycles. The van der Waals surface area contributed by atoms with E-state index in [4.69, 9.17) is 0 Å². The van der Waals surface area contributed by atoms with Gasteiger partial charge in [0.1, 0.15) is 11.5 Å². The number of pyridine rings is 1. The van der Waals surface area contributed by atoms with Gasteiger partial charge in [0.15, 0.2) is 0 Å². The highest BCUT2D eigenvalue weighted by molar-refractivity contribution is 5.63. The van der Waals surface area contributed by atoms with Gasteiger partial charge in [0.25, 0.3) is 5.69 Å². The third kappa shape index (κ3) is 2.33. The first-order valence-corrected chi connectivity index (χ1v) is 6.71. The monoisotopic (exact) mass is 287 g/mol. The van der Waals surface area contributed by atoms with Crippen LogP contribution in [-0.2, 0) is 6.42 Å². The summed E-state index contributed by atoms with van der Waals surface area (Å²) in [6, 6.07) is 6.07. The van der Waals surface area contributed by atoms with Crippen LogP contribution in [0.15, 0.2) is 36.7 Å². The molecule has 0 saturated heterocycles. The van der Waals surface area contributed by atoms with E-state index in [0.29, 0.717) is 18.7 Å². The maximum absolute atomic E-state index is 13.3. The average Bonchev–Trinajstić information content (AvgIpc) is 2.47. The molecule has 108 valence electrons. The molecule has 5 nitrogen and oxygen atoms in total. The van der Waals surface area contributed by atoms with E-state index in [-0.39, 0.29) is 17.5 Å². The summed E-state index contributed by atoms with van der Waals surface area (Å²) in [5.41, 5.74) is 2.51. The molecule has 0 radical (unpaired) electrons. The molecule has 0 amide bonds. The van der Waals surface area contributed by atoms with Crippen molar-refractivity contribution in [3.63, 3.8) is 0 Å². The largest absolute Gasteiger partial charge is 0.358 e. The number of aromatic nitrogens is 1. The fourth-order valence-electron chi connectivity index (χ4n) is 2.88. The Morgan fingerprint density at radius 2 is 2.24 bits per heavy atom. The minimum atomic E-state index is -0.399. The van der Waals surface area contributed by atoms with E-state index in [1.54, 1.807) is 12.1 Å². The van der Waals surface area contributed by atoms with Crippen molar-refractivity contribution in [3.8, 4) is 0 Å². The number of hydrogen-bond acceptors (Lipinski definition) is 4. The molecule has 0 saturated carbocycles. The van der Waals surface area contributed by atoms with Gasteiger partial charge in [-0.15, -0.1) is 0 Å². The lowest BCUT2D eigenvalue weighted by atomic mass is 9.93. The van der Waals surface area contributed by atoms with E-state index in [0.717, 1.165) is 11.1 Å². The Kier molecular flexibility index (Phi) is 3.29. The molecule has 21 heavy (non-hydrogen) atoms. The molecule has 0 bridgehead atoms. The predicted octanol–water partition coefficient (Wildman–Crippen LogP) is 3.25. The molecule has 1 aliphatic heterocycles. The fraction of sp³-hybridized carbons (Fsp3) is 0.267. The van der Waals surface area contributed by atoms with Gasteiger partial charge >= 0.3 is 0 Å². The second-order valence-electron chi connectivity index (χ2n) is 5.08. The molecule has 3 rings (SSSR count). The Morgan fingerprint density at radius 3 is 3.00 bits per heavy atom. The van der Waals surface area contributed by atoms with Crippen molar-refractivity contribution >= 4 is 11.4 Å². The number of hydrogen-bond donors (Lipinski definition) is 0. The second-order valence-corrected chi connectivity index (χ2v) is 5.08. The van der Waals surface area contributed by atoms with Crippen molar-refractivity contribution in [2.24, 2.45) is 0 Å². The minimum absolute atomic E-state index is 0.0439. The molecule has 1 unspecified atom stereocenters. The number of fused-ring (bicyclic) bond motifs is 1. The van der Waals surface area contributed by atoms with E-state index in [2.05, 4.69) is 4.98 Å². The molecular weight excluding hydrogens is 273 g/mol. The molecule has 0 aliphatic carbocycles. The Hall–Kier alpha value is -2.50. The molecule has 6 heteroatoms. The first kappa shape index (κ1) is 13.5. The Bertz CT molecular complexity index is 705. The summed E-state index contributed by atoms with van der Waals surface area (Å²) in [6.07, 6.45) is 3.59. The molecule has 0 spiro atoms. The number of rotatable bonds is 2. The van der Waals surface area contributed by atoms with Gasteiger partial charge in [-0.05, 0) is 36.6 Å². The van der Waals surface area contributed by atoms with E-state index in [1.165, 1.54) is 24.5 Å². The van der Waals surface area contributed by atoms with Gasteiger partial charge in [-0.3, -0.25) is 15.1 Å². The van der Waals surface area contributed by atoms with Crippen molar-refractivity contribution < 1.29 is 9.31 Å². The van der Waals surface area contributed by atoms with Crippen LogP contribution in [0.2, 0.25) is 0 Å².